The molecule has 0 heterocycles. The van der Waals surface area contributed by atoms with Gasteiger partial charge in [0.1, 0.15) is 0 Å². The smallest absolute Gasteiger partial charge is 0.321 e. The van der Waals surface area contributed by atoms with Crippen molar-refractivity contribution in [1.82, 2.24) is 15.5 Å². The van der Waals surface area contributed by atoms with Crippen LogP contribution in [0.15, 0.2) is 0 Å². The number of urea groups is 1. The summed E-state index contributed by atoms with van der Waals surface area (Å²) in [7, 11) is 0. The number of hydrogen-bond donors (Lipinski definition) is 2. The number of hydrogen-bond acceptors (Lipinski definition) is 5. The van der Waals surface area contributed by atoms with Gasteiger partial charge in [-0.2, -0.15) is 0 Å². The lowest BCUT2D eigenvalue weighted by Gasteiger charge is -2.19. The van der Waals surface area contributed by atoms with E-state index in [2.05, 4.69) is 10.6 Å². The number of nitrogens with one attached hydrogen (secondary N) is 2. The molecule has 2 N–H and O–H groups in total. The zero-order valence-electron chi connectivity index (χ0n) is 12.1. The molecule has 1 aliphatic carbocycles. The third-order valence-corrected chi connectivity index (χ3v) is 2.73. The van der Waals surface area contributed by atoms with E-state index in [0.29, 0.717) is 13.2 Å². The predicted molar refractivity (Wildman–Crippen MR) is 73.1 cm³/mol. The molecule has 0 aromatic heterocycles. The van der Waals surface area contributed by atoms with Gasteiger partial charge in [0.25, 0.3) is 0 Å². The first kappa shape index (κ1) is 16.4. The van der Waals surface area contributed by atoms with Gasteiger partial charge in [-0.1, -0.05) is 6.92 Å². The molecule has 0 spiro atoms. The molecular formula is C13H23N3O4. The maximum atomic E-state index is 11.7. The summed E-state index contributed by atoms with van der Waals surface area (Å²) in [6, 6.07) is -0.265. The molecule has 0 bridgehead atoms. The Labute approximate surface area is 119 Å². The van der Waals surface area contributed by atoms with Crippen LogP contribution in [0.4, 0.5) is 4.79 Å². The summed E-state index contributed by atoms with van der Waals surface area (Å²) in [5.74, 6) is -0.780. The van der Waals surface area contributed by atoms with Crippen LogP contribution >= 0.6 is 0 Å². The first-order valence-electron chi connectivity index (χ1n) is 7.03. The van der Waals surface area contributed by atoms with Crippen molar-refractivity contribution in [1.29, 1.82) is 0 Å². The van der Waals surface area contributed by atoms with Gasteiger partial charge in [0, 0.05) is 6.04 Å². The molecule has 1 saturated carbocycles. The molecule has 0 atom stereocenters. The quantitative estimate of drug-likeness (QED) is 0.624. The Balaban J connectivity index is 2.32. The number of rotatable bonds is 8. The van der Waals surface area contributed by atoms with E-state index in [1.165, 1.54) is 0 Å². The van der Waals surface area contributed by atoms with Crippen molar-refractivity contribution in [3.8, 4) is 0 Å². The molecule has 0 aromatic carbocycles. The van der Waals surface area contributed by atoms with Crippen LogP contribution < -0.4 is 10.6 Å². The normalized spacial score (nSPS) is 13.9. The molecule has 3 amide bonds. The van der Waals surface area contributed by atoms with Gasteiger partial charge >= 0.3 is 12.0 Å². The molecule has 0 aliphatic heterocycles. The average molecular weight is 285 g/mol. The molecule has 1 fully saturated rings. The second-order valence-electron chi connectivity index (χ2n) is 4.81. The zero-order valence-corrected chi connectivity index (χ0v) is 12.1. The highest BCUT2D eigenvalue weighted by molar-refractivity contribution is 5.95. The van der Waals surface area contributed by atoms with Crippen molar-refractivity contribution in [2.75, 3.05) is 26.2 Å². The highest BCUT2D eigenvalue weighted by atomic mass is 16.5. The fourth-order valence-electron chi connectivity index (χ4n) is 1.74. The van der Waals surface area contributed by atoms with Crippen molar-refractivity contribution in [2.45, 2.75) is 39.2 Å². The number of nitrogens with zero attached hydrogens (tertiary/aromatic N) is 1. The second-order valence-corrected chi connectivity index (χ2v) is 4.81. The summed E-state index contributed by atoms with van der Waals surface area (Å²) in [6.07, 6.45) is 2.74. The van der Waals surface area contributed by atoms with Crippen LogP contribution in [0, 0.1) is 0 Å². The summed E-state index contributed by atoms with van der Waals surface area (Å²) < 4.78 is 4.85. The molecule has 0 radical (unpaired) electrons. The van der Waals surface area contributed by atoms with Crippen molar-refractivity contribution >= 4 is 17.9 Å². The van der Waals surface area contributed by atoms with E-state index in [0.717, 1.165) is 19.3 Å². The second kappa shape index (κ2) is 8.52. The lowest BCUT2D eigenvalue weighted by atomic mass is 10.3. The molecule has 7 nitrogen and oxygen atoms in total. The van der Waals surface area contributed by atoms with Crippen molar-refractivity contribution in [3.05, 3.63) is 0 Å². The standard InChI is InChI=1S/C13H23N3O4/c1-3-7-16(9-12(18)20-4-2)8-11(17)15-13(19)14-10-5-6-10/h10H,3-9H2,1-2H3,(H2,14,15,17,19). The van der Waals surface area contributed by atoms with Gasteiger partial charge in [-0.3, -0.25) is 19.8 Å². The molecular weight excluding hydrogens is 262 g/mol. The van der Waals surface area contributed by atoms with Crippen molar-refractivity contribution < 1.29 is 19.1 Å². The predicted octanol–water partition coefficient (Wildman–Crippen LogP) is 0.250. The highest BCUT2D eigenvalue weighted by Crippen LogP contribution is 2.18. The minimum atomic E-state index is -0.468. The van der Waals surface area contributed by atoms with Gasteiger partial charge in [0.2, 0.25) is 5.91 Å². The van der Waals surface area contributed by atoms with Crippen LogP contribution in [0.2, 0.25) is 0 Å². The summed E-state index contributed by atoms with van der Waals surface area (Å²) in [4.78, 5) is 36.2. The molecule has 1 aliphatic rings. The molecule has 0 saturated heterocycles. The van der Waals surface area contributed by atoms with E-state index >= 15 is 0 Å². The minimum absolute atomic E-state index is 0.00470. The van der Waals surface area contributed by atoms with Crippen LogP contribution in [0.25, 0.3) is 0 Å². The summed E-state index contributed by atoms with van der Waals surface area (Å²) in [5, 5.41) is 4.93. The molecule has 0 unspecified atom stereocenters. The number of imide groups is 1. The van der Waals surface area contributed by atoms with Gasteiger partial charge < -0.3 is 10.1 Å². The fraction of sp³-hybridized carbons (Fsp3) is 0.769. The number of ether oxygens (including phenoxy) is 1. The van der Waals surface area contributed by atoms with E-state index in [1.807, 2.05) is 6.92 Å². The highest BCUT2D eigenvalue weighted by Gasteiger charge is 2.24. The average Bonchev–Trinajstić information content (AvgIpc) is 3.12. The minimum Gasteiger partial charge on any atom is -0.465 e. The SMILES string of the molecule is CCCN(CC(=O)NC(=O)NC1CC1)CC(=O)OCC. The Hall–Kier alpha value is -1.63. The number of carbonyl (C=O) groups is 3. The third-order valence-electron chi connectivity index (χ3n) is 2.73. The van der Waals surface area contributed by atoms with Crippen LogP contribution in [0.3, 0.4) is 0 Å². The molecule has 0 aromatic rings. The third kappa shape index (κ3) is 7.08. The molecule has 1 rings (SSSR count). The van der Waals surface area contributed by atoms with Crippen molar-refractivity contribution in [2.24, 2.45) is 0 Å². The maximum Gasteiger partial charge on any atom is 0.321 e. The first-order chi connectivity index (χ1) is 9.55. The topological polar surface area (TPSA) is 87.7 Å². The van der Waals surface area contributed by atoms with Gasteiger partial charge in [-0.25, -0.2) is 4.79 Å². The van der Waals surface area contributed by atoms with Gasteiger partial charge in [0.05, 0.1) is 19.7 Å². The Kier molecular flexibility index (Phi) is 7.00. The Morgan fingerprint density at radius 1 is 1.20 bits per heavy atom. The number of esters is 1. The summed E-state index contributed by atoms with van der Waals surface area (Å²) >= 11 is 0. The molecule has 7 heteroatoms. The largest absolute Gasteiger partial charge is 0.465 e. The summed E-state index contributed by atoms with van der Waals surface area (Å²) in [5.41, 5.74) is 0. The lowest BCUT2D eigenvalue weighted by Crippen LogP contribution is -2.46. The van der Waals surface area contributed by atoms with Crippen LogP contribution in [0.5, 0.6) is 0 Å². The van der Waals surface area contributed by atoms with E-state index < -0.39 is 11.9 Å². The van der Waals surface area contributed by atoms with Crippen LogP contribution in [-0.4, -0.2) is 55.1 Å². The summed E-state index contributed by atoms with van der Waals surface area (Å²) in [6.45, 7) is 4.65. The Morgan fingerprint density at radius 3 is 2.45 bits per heavy atom. The van der Waals surface area contributed by atoms with Crippen LogP contribution in [-0.2, 0) is 14.3 Å². The maximum absolute atomic E-state index is 11.7. The first-order valence-corrected chi connectivity index (χ1v) is 7.03. The van der Waals surface area contributed by atoms with Gasteiger partial charge in [-0.15, -0.1) is 0 Å². The monoisotopic (exact) mass is 285 g/mol. The molecule has 20 heavy (non-hydrogen) atoms. The molecule has 114 valence electrons. The number of amides is 3. The number of carbonyl (C=O) groups excluding carboxylic acids is 3. The Bertz CT molecular complexity index is 356. The van der Waals surface area contributed by atoms with Crippen molar-refractivity contribution in [3.63, 3.8) is 0 Å². The van der Waals surface area contributed by atoms with E-state index in [4.69, 9.17) is 4.74 Å². The fourth-order valence-corrected chi connectivity index (χ4v) is 1.74. The van der Waals surface area contributed by atoms with Gasteiger partial charge in [-0.05, 0) is 32.7 Å². The van der Waals surface area contributed by atoms with E-state index in [-0.39, 0.29) is 25.1 Å². The zero-order chi connectivity index (χ0) is 15.0. The van der Waals surface area contributed by atoms with Gasteiger partial charge in [0.15, 0.2) is 0 Å². The van der Waals surface area contributed by atoms with E-state index in [9.17, 15) is 14.4 Å². The van der Waals surface area contributed by atoms with Crippen LogP contribution in [0.1, 0.15) is 33.1 Å². The lowest BCUT2D eigenvalue weighted by molar-refractivity contribution is -0.144. The van der Waals surface area contributed by atoms with E-state index in [1.54, 1.807) is 11.8 Å². The Morgan fingerprint density at radius 2 is 1.90 bits per heavy atom.